The maximum Gasteiger partial charge on any atom is 0.133 e. The number of rotatable bonds is 3. The lowest BCUT2D eigenvalue weighted by Gasteiger charge is -2.28. The van der Waals surface area contributed by atoms with Crippen LogP contribution >= 0.6 is 0 Å². The van der Waals surface area contributed by atoms with Crippen LogP contribution in [0.15, 0.2) is 30.5 Å². The highest BCUT2D eigenvalue weighted by atomic mass is 19.1. The Balaban J connectivity index is 2.14. The first-order chi connectivity index (χ1) is 10.2. The summed E-state index contributed by atoms with van der Waals surface area (Å²) in [6.45, 7) is 3.33. The number of benzene rings is 1. The van der Waals surface area contributed by atoms with Crippen LogP contribution in [0.3, 0.4) is 0 Å². The van der Waals surface area contributed by atoms with Crippen molar-refractivity contribution in [3.8, 4) is 16.9 Å². The van der Waals surface area contributed by atoms with Crippen molar-refractivity contribution < 1.29 is 9.13 Å². The third-order valence-electron chi connectivity index (χ3n) is 3.92. The van der Waals surface area contributed by atoms with Crippen LogP contribution in [0.5, 0.6) is 5.75 Å². The zero-order chi connectivity index (χ0) is 14.8. The van der Waals surface area contributed by atoms with E-state index in [1.807, 2.05) is 26.1 Å². The normalized spacial score (nSPS) is 17.2. The zero-order valence-corrected chi connectivity index (χ0v) is 12.3. The standard InChI is InChI=1S/C17H19FN2O/c1-11-9-12(5-7-20-11)14-3-4-15(18)16-13(10-19-2)6-8-21-17(14)16/h3-5,7,9,13,19H,6,8,10H2,1-2H3/t13-/m0/s1. The average molecular weight is 286 g/mol. The smallest absolute Gasteiger partial charge is 0.133 e. The van der Waals surface area contributed by atoms with Crippen LogP contribution in [0, 0.1) is 12.7 Å². The minimum Gasteiger partial charge on any atom is -0.493 e. The molecule has 21 heavy (non-hydrogen) atoms. The zero-order valence-electron chi connectivity index (χ0n) is 12.3. The Kier molecular flexibility index (Phi) is 3.88. The van der Waals surface area contributed by atoms with Gasteiger partial charge in [0.15, 0.2) is 0 Å². The van der Waals surface area contributed by atoms with Gasteiger partial charge in [-0.3, -0.25) is 4.98 Å². The van der Waals surface area contributed by atoms with Crippen LogP contribution in [0.4, 0.5) is 4.39 Å². The lowest BCUT2D eigenvalue weighted by atomic mass is 9.89. The predicted octanol–water partition coefficient (Wildman–Crippen LogP) is 3.28. The molecule has 0 fully saturated rings. The summed E-state index contributed by atoms with van der Waals surface area (Å²) < 4.78 is 20.1. The van der Waals surface area contributed by atoms with Gasteiger partial charge in [0.25, 0.3) is 0 Å². The fraction of sp³-hybridized carbons (Fsp3) is 0.353. The summed E-state index contributed by atoms with van der Waals surface area (Å²) in [5, 5.41) is 3.14. The summed E-state index contributed by atoms with van der Waals surface area (Å²) in [6, 6.07) is 7.27. The molecule has 1 aromatic carbocycles. The summed E-state index contributed by atoms with van der Waals surface area (Å²) in [7, 11) is 1.89. The van der Waals surface area contributed by atoms with E-state index in [1.165, 1.54) is 0 Å². The third kappa shape index (κ3) is 2.63. The number of halogens is 1. The van der Waals surface area contributed by atoms with E-state index in [1.54, 1.807) is 18.3 Å². The number of likely N-dealkylation sites (N-methyl/N-ethyl adjacent to an activating group) is 1. The Morgan fingerprint density at radius 2 is 2.24 bits per heavy atom. The molecule has 0 saturated carbocycles. The summed E-state index contributed by atoms with van der Waals surface area (Å²) in [5.41, 5.74) is 3.59. The number of nitrogens with zero attached hydrogens (tertiary/aromatic N) is 1. The SMILES string of the molecule is CNC[C@@H]1CCOc2c(-c3ccnc(C)c3)ccc(F)c21. The highest BCUT2D eigenvalue weighted by molar-refractivity contribution is 5.73. The van der Waals surface area contributed by atoms with Crippen LogP contribution < -0.4 is 10.1 Å². The van der Waals surface area contributed by atoms with Crippen molar-refractivity contribution in [3.63, 3.8) is 0 Å². The highest BCUT2D eigenvalue weighted by Crippen LogP contribution is 2.42. The quantitative estimate of drug-likeness (QED) is 0.940. The van der Waals surface area contributed by atoms with E-state index in [0.29, 0.717) is 17.9 Å². The topological polar surface area (TPSA) is 34.1 Å². The molecule has 1 N–H and O–H groups in total. The molecule has 1 atom stereocenters. The first kappa shape index (κ1) is 14.0. The van der Waals surface area contributed by atoms with Gasteiger partial charge in [0.1, 0.15) is 11.6 Å². The van der Waals surface area contributed by atoms with Gasteiger partial charge in [-0.15, -0.1) is 0 Å². The second-order valence-electron chi connectivity index (χ2n) is 5.42. The molecule has 3 rings (SSSR count). The molecule has 0 unspecified atom stereocenters. The number of hydrogen-bond donors (Lipinski definition) is 1. The number of aromatic nitrogens is 1. The summed E-state index contributed by atoms with van der Waals surface area (Å²) in [6.07, 6.45) is 2.61. The lowest BCUT2D eigenvalue weighted by molar-refractivity contribution is 0.262. The molecule has 0 spiro atoms. The summed E-state index contributed by atoms with van der Waals surface area (Å²) in [4.78, 5) is 4.21. The Morgan fingerprint density at radius 1 is 1.38 bits per heavy atom. The molecule has 1 aromatic heterocycles. The molecule has 110 valence electrons. The van der Waals surface area contributed by atoms with Gasteiger partial charge >= 0.3 is 0 Å². The van der Waals surface area contributed by atoms with Gasteiger partial charge in [-0.2, -0.15) is 0 Å². The molecule has 0 amide bonds. The molecular weight excluding hydrogens is 267 g/mol. The van der Waals surface area contributed by atoms with Crippen molar-refractivity contribution >= 4 is 0 Å². The fourth-order valence-electron chi connectivity index (χ4n) is 2.95. The minimum atomic E-state index is -0.181. The molecule has 0 saturated heterocycles. The monoisotopic (exact) mass is 286 g/mol. The molecule has 0 radical (unpaired) electrons. The van der Waals surface area contributed by atoms with Gasteiger partial charge in [0.2, 0.25) is 0 Å². The Bertz CT molecular complexity index is 657. The van der Waals surface area contributed by atoms with E-state index in [-0.39, 0.29) is 11.7 Å². The first-order valence-corrected chi connectivity index (χ1v) is 7.23. The maximum atomic E-state index is 14.3. The molecule has 4 heteroatoms. The Labute approximate surface area is 124 Å². The molecule has 0 aliphatic carbocycles. The van der Waals surface area contributed by atoms with E-state index >= 15 is 0 Å². The molecule has 2 heterocycles. The molecule has 0 bridgehead atoms. The van der Waals surface area contributed by atoms with Crippen molar-refractivity contribution in [2.24, 2.45) is 0 Å². The van der Waals surface area contributed by atoms with Crippen LogP contribution in [0.1, 0.15) is 23.6 Å². The molecule has 2 aromatic rings. The van der Waals surface area contributed by atoms with Crippen LogP contribution in [-0.2, 0) is 0 Å². The number of pyridine rings is 1. The van der Waals surface area contributed by atoms with E-state index < -0.39 is 0 Å². The van der Waals surface area contributed by atoms with Gasteiger partial charge in [-0.05, 0) is 50.2 Å². The van der Waals surface area contributed by atoms with Gasteiger partial charge in [-0.1, -0.05) is 0 Å². The van der Waals surface area contributed by atoms with Crippen molar-refractivity contribution in [1.82, 2.24) is 10.3 Å². The lowest BCUT2D eigenvalue weighted by Crippen LogP contribution is -2.24. The van der Waals surface area contributed by atoms with Gasteiger partial charge in [0.05, 0.1) is 6.61 Å². The van der Waals surface area contributed by atoms with Crippen LogP contribution in [-0.4, -0.2) is 25.2 Å². The van der Waals surface area contributed by atoms with E-state index in [4.69, 9.17) is 4.74 Å². The van der Waals surface area contributed by atoms with Crippen molar-refractivity contribution in [3.05, 3.63) is 47.5 Å². The second kappa shape index (κ2) is 5.82. The number of nitrogens with one attached hydrogen (secondary N) is 1. The van der Waals surface area contributed by atoms with Crippen molar-refractivity contribution in [1.29, 1.82) is 0 Å². The minimum absolute atomic E-state index is 0.154. The average Bonchev–Trinajstić information content (AvgIpc) is 2.48. The molecule has 3 nitrogen and oxygen atoms in total. The molecular formula is C17H19FN2O. The first-order valence-electron chi connectivity index (χ1n) is 7.23. The summed E-state index contributed by atoms with van der Waals surface area (Å²) in [5.74, 6) is 0.660. The van der Waals surface area contributed by atoms with Crippen LogP contribution in [0.25, 0.3) is 11.1 Å². The predicted molar refractivity (Wildman–Crippen MR) is 81.1 cm³/mol. The largest absolute Gasteiger partial charge is 0.493 e. The number of fused-ring (bicyclic) bond motifs is 1. The third-order valence-corrected chi connectivity index (χ3v) is 3.92. The van der Waals surface area contributed by atoms with E-state index in [2.05, 4.69) is 10.3 Å². The second-order valence-corrected chi connectivity index (χ2v) is 5.42. The van der Waals surface area contributed by atoms with Crippen LogP contribution in [0.2, 0.25) is 0 Å². The number of hydrogen-bond acceptors (Lipinski definition) is 3. The van der Waals surface area contributed by atoms with E-state index in [0.717, 1.165) is 29.8 Å². The number of aryl methyl sites for hydroxylation is 1. The van der Waals surface area contributed by atoms with E-state index in [9.17, 15) is 4.39 Å². The molecule has 1 aliphatic rings. The Hall–Kier alpha value is -1.94. The highest BCUT2D eigenvalue weighted by Gasteiger charge is 2.27. The summed E-state index contributed by atoms with van der Waals surface area (Å²) >= 11 is 0. The fourth-order valence-corrected chi connectivity index (χ4v) is 2.95. The van der Waals surface area contributed by atoms with Crippen molar-refractivity contribution in [2.75, 3.05) is 20.2 Å². The van der Waals surface area contributed by atoms with Gasteiger partial charge in [0, 0.05) is 35.5 Å². The maximum absolute atomic E-state index is 14.3. The van der Waals surface area contributed by atoms with Gasteiger partial charge in [-0.25, -0.2) is 4.39 Å². The van der Waals surface area contributed by atoms with Gasteiger partial charge < -0.3 is 10.1 Å². The molecule has 1 aliphatic heterocycles. The van der Waals surface area contributed by atoms with Crippen molar-refractivity contribution in [2.45, 2.75) is 19.3 Å². The Morgan fingerprint density at radius 3 is 3.00 bits per heavy atom. The number of ether oxygens (including phenoxy) is 1.